The number of amides is 1. The summed E-state index contributed by atoms with van der Waals surface area (Å²) in [5.74, 6) is -0.277. The van der Waals surface area contributed by atoms with E-state index in [1.807, 2.05) is 0 Å². The van der Waals surface area contributed by atoms with Crippen molar-refractivity contribution in [1.82, 2.24) is 0 Å². The molecule has 7 nitrogen and oxygen atoms in total. The van der Waals surface area contributed by atoms with Gasteiger partial charge in [-0.2, -0.15) is 0 Å². The zero-order chi connectivity index (χ0) is 19.2. The van der Waals surface area contributed by atoms with Gasteiger partial charge in [0.15, 0.2) is 11.5 Å². The molecule has 0 aliphatic carbocycles. The Morgan fingerprint density at radius 2 is 1.74 bits per heavy atom. The molecular weight excluding hydrogens is 370 g/mol. The zero-order valence-corrected chi connectivity index (χ0v) is 15.3. The van der Waals surface area contributed by atoms with Crippen molar-refractivity contribution in [3.05, 3.63) is 48.5 Å². The number of carboxylic acid groups (broad SMARTS) is 1. The Balaban J connectivity index is 1.66. The number of rotatable bonds is 7. The molecule has 1 atom stereocenters. The first kappa shape index (κ1) is 18.9. The van der Waals surface area contributed by atoms with E-state index in [0.29, 0.717) is 35.3 Å². The largest absolute Gasteiger partial charge is 0.486 e. The molecule has 0 saturated heterocycles. The van der Waals surface area contributed by atoms with Crippen LogP contribution in [0.2, 0.25) is 0 Å². The summed E-state index contributed by atoms with van der Waals surface area (Å²) in [7, 11) is -1.42. The minimum atomic E-state index is -1.42. The van der Waals surface area contributed by atoms with Gasteiger partial charge in [-0.1, -0.05) is 18.2 Å². The number of nitrogens with zero attached hydrogens (tertiary/aromatic N) is 1. The van der Waals surface area contributed by atoms with Crippen molar-refractivity contribution in [3.8, 4) is 11.5 Å². The third-order valence-corrected chi connectivity index (χ3v) is 5.29. The van der Waals surface area contributed by atoms with Crippen LogP contribution in [0, 0.1) is 0 Å². The Morgan fingerprint density at radius 1 is 1.04 bits per heavy atom. The lowest BCUT2D eigenvalue weighted by Crippen LogP contribution is -2.36. The summed E-state index contributed by atoms with van der Waals surface area (Å²) in [6.45, 7) is 0.463. The molecule has 0 fully saturated rings. The average Bonchev–Trinajstić information content (AvgIpc) is 2.70. The second kappa shape index (κ2) is 8.68. The number of ether oxygens (including phenoxy) is 2. The molecule has 1 amide bonds. The smallest absolute Gasteiger partial charge is 0.323 e. The number of hydrogen-bond acceptors (Lipinski definition) is 5. The van der Waals surface area contributed by atoms with Gasteiger partial charge in [0, 0.05) is 28.8 Å². The molecule has 27 heavy (non-hydrogen) atoms. The van der Waals surface area contributed by atoms with Crippen molar-refractivity contribution < 1.29 is 28.4 Å². The maximum Gasteiger partial charge on any atom is 0.323 e. The molecule has 1 unspecified atom stereocenters. The van der Waals surface area contributed by atoms with Crippen LogP contribution in [0.1, 0.15) is 6.42 Å². The Morgan fingerprint density at radius 3 is 2.44 bits per heavy atom. The van der Waals surface area contributed by atoms with Crippen molar-refractivity contribution in [2.45, 2.75) is 11.3 Å². The Labute approximate surface area is 159 Å². The van der Waals surface area contributed by atoms with Crippen LogP contribution in [0.15, 0.2) is 53.4 Å². The second-order valence-corrected chi connectivity index (χ2v) is 7.38. The first-order chi connectivity index (χ1) is 13.0. The van der Waals surface area contributed by atoms with Crippen LogP contribution in [0.3, 0.4) is 0 Å². The van der Waals surface area contributed by atoms with Crippen LogP contribution in [-0.4, -0.2) is 46.7 Å². The highest BCUT2D eigenvalue weighted by atomic mass is 32.2. The SMILES string of the molecule is O=C(O)CN(C(=O)CCS(=O)c1ccc2c(c1)OCCO2)c1ccccc1. The summed E-state index contributed by atoms with van der Waals surface area (Å²) < 4.78 is 23.5. The molecule has 0 spiro atoms. The monoisotopic (exact) mass is 389 g/mol. The number of para-hydroxylation sites is 1. The van der Waals surface area contributed by atoms with Crippen molar-refractivity contribution >= 4 is 28.4 Å². The number of benzene rings is 2. The molecule has 8 heteroatoms. The Hall–Kier alpha value is -2.87. The number of carbonyl (C=O) groups excluding carboxylic acids is 1. The number of fused-ring (bicyclic) bond motifs is 1. The van der Waals surface area contributed by atoms with E-state index in [2.05, 4.69) is 0 Å². The van der Waals surface area contributed by atoms with E-state index >= 15 is 0 Å². The summed E-state index contributed by atoms with van der Waals surface area (Å²) in [6, 6.07) is 13.6. The summed E-state index contributed by atoms with van der Waals surface area (Å²) in [6.07, 6.45) is -0.0385. The quantitative estimate of drug-likeness (QED) is 0.779. The normalized spacial score (nSPS) is 13.6. The van der Waals surface area contributed by atoms with Crippen molar-refractivity contribution in [3.63, 3.8) is 0 Å². The molecule has 0 bridgehead atoms. The number of carboxylic acids is 1. The standard InChI is InChI=1S/C19H19NO6S/c21-18(20(13-19(22)23)14-4-2-1-3-5-14)8-11-27(24)15-6-7-16-17(12-15)26-10-9-25-16/h1-7,12H,8-11,13H2,(H,22,23). The van der Waals surface area contributed by atoms with Crippen LogP contribution < -0.4 is 14.4 Å². The number of carbonyl (C=O) groups is 2. The first-order valence-electron chi connectivity index (χ1n) is 8.40. The lowest BCUT2D eigenvalue weighted by molar-refractivity contribution is -0.136. The molecule has 0 radical (unpaired) electrons. The van der Waals surface area contributed by atoms with E-state index in [-0.39, 0.29) is 12.2 Å². The van der Waals surface area contributed by atoms with Crippen molar-refractivity contribution in [1.29, 1.82) is 0 Å². The third-order valence-electron chi connectivity index (χ3n) is 3.94. The van der Waals surface area contributed by atoms with Gasteiger partial charge < -0.3 is 19.5 Å². The molecule has 1 N–H and O–H groups in total. The van der Waals surface area contributed by atoms with E-state index in [9.17, 15) is 13.8 Å². The zero-order valence-electron chi connectivity index (χ0n) is 14.5. The maximum absolute atomic E-state index is 12.5. The summed E-state index contributed by atoms with van der Waals surface area (Å²) >= 11 is 0. The highest BCUT2D eigenvalue weighted by Crippen LogP contribution is 2.31. The van der Waals surface area contributed by atoms with E-state index in [4.69, 9.17) is 14.6 Å². The minimum Gasteiger partial charge on any atom is -0.486 e. The van der Waals surface area contributed by atoms with Gasteiger partial charge in [0.25, 0.3) is 0 Å². The summed E-state index contributed by atoms with van der Waals surface area (Å²) in [4.78, 5) is 25.4. The van der Waals surface area contributed by atoms with Crippen molar-refractivity contribution in [2.24, 2.45) is 0 Å². The van der Waals surface area contributed by atoms with Crippen LogP contribution in [0.25, 0.3) is 0 Å². The Bertz CT molecular complexity index is 855. The van der Waals surface area contributed by atoms with Crippen LogP contribution in [0.4, 0.5) is 5.69 Å². The molecule has 2 aromatic carbocycles. The molecule has 142 valence electrons. The van der Waals surface area contributed by atoms with Crippen LogP contribution in [0.5, 0.6) is 11.5 Å². The summed E-state index contributed by atoms with van der Waals surface area (Å²) in [5.41, 5.74) is 0.495. The second-order valence-electron chi connectivity index (χ2n) is 5.81. The Kier molecular flexibility index (Phi) is 6.08. The van der Waals surface area contributed by atoms with Crippen LogP contribution >= 0.6 is 0 Å². The van der Waals surface area contributed by atoms with Gasteiger partial charge in [-0.15, -0.1) is 0 Å². The molecule has 1 aliphatic heterocycles. The van der Waals surface area contributed by atoms with E-state index in [1.165, 1.54) is 4.90 Å². The fourth-order valence-electron chi connectivity index (χ4n) is 2.66. The molecule has 1 aliphatic rings. The van der Waals surface area contributed by atoms with Gasteiger partial charge in [0.1, 0.15) is 19.8 Å². The molecule has 2 aromatic rings. The summed E-state index contributed by atoms with van der Waals surface area (Å²) in [5, 5.41) is 9.08. The minimum absolute atomic E-state index is 0.0385. The molecule has 0 saturated carbocycles. The van der Waals surface area contributed by atoms with Gasteiger partial charge in [-0.25, -0.2) is 0 Å². The molecule has 1 heterocycles. The third kappa shape index (κ3) is 4.85. The maximum atomic E-state index is 12.5. The number of aliphatic carboxylic acids is 1. The fourth-order valence-corrected chi connectivity index (χ4v) is 3.72. The molecule has 0 aromatic heterocycles. The number of anilines is 1. The predicted octanol–water partition coefficient (Wildman–Crippen LogP) is 2.07. The lowest BCUT2D eigenvalue weighted by atomic mass is 10.2. The highest BCUT2D eigenvalue weighted by molar-refractivity contribution is 7.85. The van der Waals surface area contributed by atoms with Crippen LogP contribution in [-0.2, 0) is 20.4 Å². The van der Waals surface area contributed by atoms with Gasteiger partial charge in [0.05, 0.1) is 10.8 Å². The molecular formula is C19H19NO6S. The molecule has 3 rings (SSSR count). The van der Waals surface area contributed by atoms with E-state index in [1.54, 1.807) is 48.5 Å². The van der Waals surface area contributed by atoms with Gasteiger partial charge in [-0.05, 0) is 24.3 Å². The van der Waals surface area contributed by atoms with Gasteiger partial charge in [-0.3, -0.25) is 13.8 Å². The lowest BCUT2D eigenvalue weighted by Gasteiger charge is -2.21. The fraction of sp³-hybridized carbons (Fsp3) is 0.263. The van der Waals surface area contributed by atoms with Gasteiger partial charge >= 0.3 is 5.97 Å². The van der Waals surface area contributed by atoms with Crippen molar-refractivity contribution in [2.75, 3.05) is 30.4 Å². The average molecular weight is 389 g/mol. The topological polar surface area (TPSA) is 93.1 Å². The van der Waals surface area contributed by atoms with E-state index in [0.717, 1.165) is 0 Å². The highest BCUT2D eigenvalue weighted by Gasteiger charge is 2.20. The van der Waals surface area contributed by atoms with E-state index < -0.39 is 29.2 Å². The predicted molar refractivity (Wildman–Crippen MR) is 99.8 cm³/mol. The number of hydrogen-bond donors (Lipinski definition) is 1. The first-order valence-corrected chi connectivity index (χ1v) is 9.72. The van der Waals surface area contributed by atoms with Gasteiger partial charge in [0.2, 0.25) is 5.91 Å².